The van der Waals surface area contributed by atoms with Gasteiger partial charge in [0.25, 0.3) is 5.91 Å². The zero-order valence-corrected chi connectivity index (χ0v) is 12.8. The fraction of sp³-hybridized carbons (Fsp3) is 0.429. The highest BCUT2D eigenvalue weighted by atomic mass is 32.1. The van der Waals surface area contributed by atoms with Gasteiger partial charge in [-0.05, 0) is 39.0 Å². The van der Waals surface area contributed by atoms with Crippen LogP contribution in [0.1, 0.15) is 35.3 Å². The van der Waals surface area contributed by atoms with Crippen molar-refractivity contribution >= 4 is 17.2 Å². The molecular weight excluding hydrogens is 258 g/mol. The van der Waals surface area contributed by atoms with Crippen molar-refractivity contribution in [2.75, 3.05) is 14.1 Å². The highest BCUT2D eigenvalue weighted by Gasteiger charge is 2.14. The van der Waals surface area contributed by atoms with Crippen LogP contribution in [0.3, 0.4) is 0 Å². The number of hydrogen-bond donors (Lipinski definition) is 0. The van der Waals surface area contributed by atoms with Gasteiger partial charge >= 0.3 is 0 Å². The van der Waals surface area contributed by atoms with E-state index in [2.05, 4.69) is 31.9 Å². The van der Waals surface area contributed by atoms with Gasteiger partial charge in [-0.15, -0.1) is 11.3 Å². The number of amides is 1. The summed E-state index contributed by atoms with van der Waals surface area (Å²) in [5.74, 6) is 0.0382. The minimum atomic E-state index is 0.0382. The molecule has 0 aliphatic rings. The summed E-state index contributed by atoms with van der Waals surface area (Å²) in [6.45, 7) is 6.27. The molecule has 0 atom stereocenters. The van der Waals surface area contributed by atoms with E-state index >= 15 is 0 Å². The maximum Gasteiger partial charge on any atom is 0.263 e. The van der Waals surface area contributed by atoms with Crippen molar-refractivity contribution < 1.29 is 4.79 Å². The number of aryl methyl sites for hydroxylation is 1. The number of rotatable bonds is 3. The molecule has 19 heavy (non-hydrogen) atoms. The molecule has 0 bridgehead atoms. The van der Waals surface area contributed by atoms with Gasteiger partial charge in [0.1, 0.15) is 5.69 Å². The van der Waals surface area contributed by atoms with Gasteiger partial charge in [0, 0.05) is 25.8 Å². The first kappa shape index (κ1) is 13.8. The topological polar surface area (TPSA) is 38.1 Å². The van der Waals surface area contributed by atoms with Crippen molar-refractivity contribution in [3.8, 4) is 10.6 Å². The molecular formula is C14H19N3OS. The summed E-state index contributed by atoms with van der Waals surface area (Å²) >= 11 is 1.49. The van der Waals surface area contributed by atoms with E-state index in [1.54, 1.807) is 19.0 Å². The fourth-order valence-corrected chi connectivity index (χ4v) is 2.93. The molecule has 2 aromatic heterocycles. The lowest BCUT2D eigenvalue weighted by molar-refractivity contribution is 0.0832. The van der Waals surface area contributed by atoms with Crippen LogP contribution < -0.4 is 0 Å². The lowest BCUT2D eigenvalue weighted by atomic mass is 10.3. The van der Waals surface area contributed by atoms with Crippen LogP contribution in [0.5, 0.6) is 0 Å². The largest absolute Gasteiger partial charge is 0.344 e. The first-order valence-electron chi connectivity index (χ1n) is 6.28. The minimum Gasteiger partial charge on any atom is -0.344 e. The molecule has 0 radical (unpaired) electrons. The van der Waals surface area contributed by atoms with Gasteiger partial charge in [-0.3, -0.25) is 9.48 Å². The number of hydrogen-bond acceptors (Lipinski definition) is 3. The number of carbonyl (C=O) groups excluding carboxylic acids is 1. The summed E-state index contributed by atoms with van der Waals surface area (Å²) in [6, 6.07) is 6.24. The Morgan fingerprint density at radius 2 is 2.05 bits per heavy atom. The van der Waals surface area contributed by atoms with Crippen LogP contribution in [-0.4, -0.2) is 34.7 Å². The number of nitrogens with zero attached hydrogens (tertiary/aromatic N) is 3. The summed E-state index contributed by atoms with van der Waals surface area (Å²) in [5, 5.41) is 4.60. The van der Waals surface area contributed by atoms with E-state index in [1.165, 1.54) is 11.3 Å². The number of thiophene rings is 1. The van der Waals surface area contributed by atoms with Crippen LogP contribution in [0, 0.1) is 6.92 Å². The zero-order chi connectivity index (χ0) is 14.2. The molecule has 4 nitrogen and oxygen atoms in total. The predicted octanol–water partition coefficient (Wildman–Crippen LogP) is 3.20. The van der Waals surface area contributed by atoms with E-state index in [0.717, 1.165) is 21.1 Å². The lowest BCUT2D eigenvalue weighted by Gasteiger charge is -2.07. The Balaban J connectivity index is 2.33. The zero-order valence-electron chi connectivity index (χ0n) is 12.0. The molecule has 0 saturated carbocycles. The molecule has 0 fully saturated rings. The van der Waals surface area contributed by atoms with E-state index in [0.29, 0.717) is 6.04 Å². The lowest BCUT2D eigenvalue weighted by Crippen LogP contribution is -2.20. The quantitative estimate of drug-likeness (QED) is 0.864. The average Bonchev–Trinajstić information content (AvgIpc) is 2.93. The van der Waals surface area contributed by atoms with E-state index in [-0.39, 0.29) is 5.91 Å². The van der Waals surface area contributed by atoms with Crippen LogP contribution in [0.4, 0.5) is 0 Å². The van der Waals surface area contributed by atoms with E-state index in [9.17, 15) is 4.79 Å². The minimum absolute atomic E-state index is 0.0382. The first-order chi connectivity index (χ1) is 8.90. The monoisotopic (exact) mass is 277 g/mol. The third-order valence-electron chi connectivity index (χ3n) is 2.89. The SMILES string of the molecule is Cc1cc(-c2ccc(C(=O)N(C)C)s2)nn1C(C)C. The van der Waals surface area contributed by atoms with Crippen LogP contribution >= 0.6 is 11.3 Å². The van der Waals surface area contributed by atoms with Crippen LogP contribution in [0.2, 0.25) is 0 Å². The third kappa shape index (κ3) is 2.71. The summed E-state index contributed by atoms with van der Waals surface area (Å²) in [7, 11) is 3.53. The van der Waals surface area contributed by atoms with Crippen LogP contribution in [-0.2, 0) is 0 Å². The number of aromatic nitrogens is 2. The van der Waals surface area contributed by atoms with Crippen molar-refractivity contribution in [1.82, 2.24) is 14.7 Å². The van der Waals surface area contributed by atoms with Gasteiger partial charge in [-0.1, -0.05) is 0 Å². The molecule has 0 spiro atoms. The van der Waals surface area contributed by atoms with E-state index < -0.39 is 0 Å². The van der Waals surface area contributed by atoms with Gasteiger partial charge in [0.05, 0.1) is 9.75 Å². The molecule has 1 amide bonds. The van der Waals surface area contributed by atoms with E-state index in [4.69, 9.17) is 0 Å². The summed E-state index contributed by atoms with van der Waals surface area (Å²) in [6.07, 6.45) is 0. The van der Waals surface area contributed by atoms with Crippen LogP contribution in [0.15, 0.2) is 18.2 Å². The Bertz CT molecular complexity index is 596. The smallest absolute Gasteiger partial charge is 0.263 e. The molecule has 2 aromatic rings. The normalized spacial score (nSPS) is 11.1. The highest BCUT2D eigenvalue weighted by molar-refractivity contribution is 7.17. The molecule has 102 valence electrons. The van der Waals surface area contributed by atoms with Crippen molar-refractivity contribution in [2.24, 2.45) is 0 Å². The molecule has 0 saturated heterocycles. The second-order valence-corrected chi connectivity index (χ2v) is 6.16. The summed E-state index contributed by atoms with van der Waals surface area (Å²) in [5.41, 5.74) is 2.08. The maximum atomic E-state index is 11.9. The molecule has 0 unspecified atom stereocenters. The van der Waals surface area contributed by atoms with Crippen molar-refractivity contribution in [1.29, 1.82) is 0 Å². The molecule has 0 N–H and O–H groups in total. The Labute approximate surface area is 117 Å². The Hall–Kier alpha value is -1.62. The maximum absolute atomic E-state index is 11.9. The standard InChI is InChI=1S/C14H19N3OS/c1-9(2)17-10(3)8-11(15-17)12-6-7-13(19-12)14(18)16(4)5/h6-9H,1-5H3. The fourth-order valence-electron chi connectivity index (χ4n) is 1.94. The van der Waals surface area contributed by atoms with E-state index in [1.807, 2.05) is 16.8 Å². The summed E-state index contributed by atoms with van der Waals surface area (Å²) in [4.78, 5) is 15.3. The van der Waals surface area contributed by atoms with Gasteiger partial charge in [-0.25, -0.2) is 0 Å². The van der Waals surface area contributed by atoms with Crippen molar-refractivity contribution in [2.45, 2.75) is 26.8 Å². The third-order valence-corrected chi connectivity index (χ3v) is 3.98. The first-order valence-corrected chi connectivity index (χ1v) is 7.10. The Morgan fingerprint density at radius 3 is 2.58 bits per heavy atom. The molecule has 0 aliphatic heterocycles. The second-order valence-electron chi connectivity index (χ2n) is 5.07. The molecule has 2 heterocycles. The van der Waals surface area contributed by atoms with Gasteiger partial charge in [0.2, 0.25) is 0 Å². The molecule has 5 heteroatoms. The molecule has 2 rings (SSSR count). The second kappa shape index (κ2) is 5.17. The van der Waals surface area contributed by atoms with Gasteiger partial charge in [-0.2, -0.15) is 5.10 Å². The van der Waals surface area contributed by atoms with Crippen LogP contribution in [0.25, 0.3) is 10.6 Å². The highest BCUT2D eigenvalue weighted by Crippen LogP contribution is 2.29. The molecule has 0 aliphatic carbocycles. The summed E-state index contributed by atoms with van der Waals surface area (Å²) < 4.78 is 2.00. The number of carbonyl (C=O) groups is 1. The van der Waals surface area contributed by atoms with Crippen molar-refractivity contribution in [3.63, 3.8) is 0 Å². The molecule has 0 aromatic carbocycles. The van der Waals surface area contributed by atoms with Gasteiger partial charge < -0.3 is 4.90 Å². The Morgan fingerprint density at radius 1 is 1.37 bits per heavy atom. The average molecular weight is 277 g/mol. The predicted molar refractivity (Wildman–Crippen MR) is 78.7 cm³/mol. The van der Waals surface area contributed by atoms with Crippen molar-refractivity contribution in [3.05, 3.63) is 28.8 Å². The Kier molecular flexibility index (Phi) is 3.75. The van der Waals surface area contributed by atoms with Gasteiger partial charge in [0.15, 0.2) is 0 Å².